The quantitative estimate of drug-likeness (QED) is 0.381. The number of hydrogen-bond acceptors (Lipinski definition) is 7. The molecule has 0 radical (unpaired) electrons. The first-order valence-electron chi connectivity index (χ1n) is 12.3. The maximum absolute atomic E-state index is 14.5. The molecule has 4 aromatic rings. The standard InChI is InChI=1S/C27H26F2N8O/c1-14(2)27(21-8-10-31-24(34-21)16-12-32-26(33-13-16)35-25(30)38)9-7-15(3)17-11-20(36-37-23(17)27)22-18(28)5-4-6-19(22)29/h4-6,8,10-15H,7,9H2,1-3H3,(H3,30,32,33,35,38)/t15-,27-/m0/s1. The first-order valence-corrected chi connectivity index (χ1v) is 12.3. The molecule has 0 bridgehead atoms. The Morgan fingerprint density at radius 1 is 1.11 bits per heavy atom. The van der Waals surface area contributed by atoms with Gasteiger partial charge in [0.15, 0.2) is 5.82 Å². The van der Waals surface area contributed by atoms with Crippen molar-refractivity contribution in [1.29, 1.82) is 0 Å². The van der Waals surface area contributed by atoms with E-state index in [1.54, 1.807) is 12.3 Å². The second kappa shape index (κ2) is 9.81. The third kappa shape index (κ3) is 4.33. The Labute approximate surface area is 218 Å². The van der Waals surface area contributed by atoms with Gasteiger partial charge >= 0.3 is 6.03 Å². The number of halogens is 2. The van der Waals surface area contributed by atoms with Gasteiger partial charge in [0, 0.05) is 18.6 Å². The van der Waals surface area contributed by atoms with Crippen molar-refractivity contribution < 1.29 is 13.6 Å². The van der Waals surface area contributed by atoms with Gasteiger partial charge in [0.2, 0.25) is 5.95 Å². The van der Waals surface area contributed by atoms with Gasteiger partial charge in [-0.05, 0) is 54.5 Å². The van der Waals surface area contributed by atoms with Gasteiger partial charge in [-0.1, -0.05) is 26.8 Å². The van der Waals surface area contributed by atoms with Crippen LogP contribution in [0.1, 0.15) is 56.5 Å². The number of urea groups is 1. The van der Waals surface area contributed by atoms with Crippen molar-refractivity contribution in [2.24, 2.45) is 11.7 Å². The molecule has 0 aliphatic heterocycles. The molecule has 0 spiro atoms. The summed E-state index contributed by atoms with van der Waals surface area (Å²) in [5.41, 5.74) is 7.44. The molecule has 1 aliphatic carbocycles. The van der Waals surface area contributed by atoms with Crippen LogP contribution in [-0.2, 0) is 5.41 Å². The van der Waals surface area contributed by atoms with E-state index in [4.69, 9.17) is 10.7 Å². The molecule has 2 atom stereocenters. The van der Waals surface area contributed by atoms with Gasteiger partial charge in [0.25, 0.3) is 0 Å². The topological polar surface area (TPSA) is 132 Å². The van der Waals surface area contributed by atoms with Crippen LogP contribution in [0.15, 0.2) is 48.9 Å². The minimum absolute atomic E-state index is 0.0697. The lowest BCUT2D eigenvalue weighted by molar-refractivity contribution is 0.259. The van der Waals surface area contributed by atoms with Gasteiger partial charge in [0.1, 0.15) is 11.6 Å². The number of benzene rings is 1. The number of carbonyl (C=O) groups excluding carboxylic acids is 1. The van der Waals surface area contributed by atoms with Gasteiger partial charge < -0.3 is 5.73 Å². The Hall–Kier alpha value is -4.41. The maximum atomic E-state index is 14.5. The van der Waals surface area contributed by atoms with E-state index in [9.17, 15) is 13.6 Å². The second-order valence-corrected chi connectivity index (χ2v) is 9.75. The summed E-state index contributed by atoms with van der Waals surface area (Å²) in [6.45, 7) is 6.28. The summed E-state index contributed by atoms with van der Waals surface area (Å²) < 4.78 is 29.1. The first-order chi connectivity index (χ1) is 18.2. The number of nitrogens with two attached hydrogens (primary N) is 1. The largest absolute Gasteiger partial charge is 0.351 e. The maximum Gasteiger partial charge on any atom is 0.319 e. The van der Waals surface area contributed by atoms with Crippen LogP contribution in [-0.4, -0.2) is 36.2 Å². The number of amides is 2. The number of nitrogens with zero attached hydrogens (tertiary/aromatic N) is 6. The SMILES string of the molecule is CC(C)[C@]1(c2ccnc(-c3cnc(NC(N)=O)nc3)n2)CC[C@H](C)c2cc(-c3c(F)cccc3F)nnc21. The molecule has 0 saturated carbocycles. The molecule has 1 aromatic carbocycles. The lowest BCUT2D eigenvalue weighted by Crippen LogP contribution is -2.40. The predicted octanol–water partition coefficient (Wildman–Crippen LogP) is 5.00. The highest BCUT2D eigenvalue weighted by Gasteiger charge is 2.46. The summed E-state index contributed by atoms with van der Waals surface area (Å²) in [5.74, 6) is -0.703. The molecule has 3 aromatic heterocycles. The van der Waals surface area contributed by atoms with Crippen LogP contribution < -0.4 is 11.1 Å². The Balaban J connectivity index is 1.61. The fourth-order valence-electron chi connectivity index (χ4n) is 5.18. The van der Waals surface area contributed by atoms with Crippen molar-refractivity contribution in [3.05, 3.63) is 77.5 Å². The number of anilines is 1. The molecular formula is C27H26F2N8O. The van der Waals surface area contributed by atoms with Crippen molar-refractivity contribution in [3.63, 3.8) is 0 Å². The molecule has 0 saturated heterocycles. The third-order valence-electron chi connectivity index (χ3n) is 7.21. The minimum Gasteiger partial charge on any atom is -0.351 e. The fraction of sp³-hybridized carbons (Fsp3) is 0.296. The Kier molecular flexibility index (Phi) is 6.52. The Morgan fingerprint density at radius 2 is 1.82 bits per heavy atom. The highest BCUT2D eigenvalue weighted by Crippen LogP contribution is 2.50. The van der Waals surface area contributed by atoms with Crippen LogP contribution in [0.3, 0.4) is 0 Å². The molecule has 0 fully saturated rings. The zero-order chi connectivity index (χ0) is 27.0. The zero-order valence-electron chi connectivity index (χ0n) is 21.1. The van der Waals surface area contributed by atoms with Crippen LogP contribution in [0.4, 0.5) is 19.5 Å². The molecule has 9 nitrogen and oxygen atoms in total. The lowest BCUT2D eigenvalue weighted by Gasteiger charge is -2.42. The third-order valence-corrected chi connectivity index (χ3v) is 7.21. The van der Waals surface area contributed by atoms with E-state index in [1.165, 1.54) is 30.6 Å². The molecule has 2 amide bonds. The van der Waals surface area contributed by atoms with Gasteiger partial charge in [-0.3, -0.25) is 5.32 Å². The fourth-order valence-corrected chi connectivity index (χ4v) is 5.18. The number of rotatable bonds is 5. The average molecular weight is 517 g/mol. The molecule has 0 unspecified atom stereocenters. The Bertz CT molecular complexity index is 1490. The van der Waals surface area contributed by atoms with Crippen LogP contribution in [0.25, 0.3) is 22.6 Å². The molecule has 5 rings (SSSR count). The summed E-state index contributed by atoms with van der Waals surface area (Å²) in [6.07, 6.45) is 6.27. The van der Waals surface area contributed by atoms with Crippen LogP contribution in [0, 0.1) is 17.6 Å². The molecule has 38 heavy (non-hydrogen) atoms. The zero-order valence-corrected chi connectivity index (χ0v) is 21.1. The lowest BCUT2D eigenvalue weighted by atomic mass is 9.62. The number of hydrogen-bond donors (Lipinski definition) is 2. The van der Waals surface area contributed by atoms with Gasteiger partial charge in [-0.15, -0.1) is 5.10 Å². The summed E-state index contributed by atoms with van der Waals surface area (Å²) in [5, 5.41) is 11.2. The summed E-state index contributed by atoms with van der Waals surface area (Å²) in [4.78, 5) is 28.6. The van der Waals surface area contributed by atoms with E-state index in [-0.39, 0.29) is 29.0 Å². The van der Waals surface area contributed by atoms with Gasteiger partial charge in [-0.25, -0.2) is 33.5 Å². The first kappa shape index (κ1) is 25.2. The van der Waals surface area contributed by atoms with E-state index in [1.807, 2.05) is 6.07 Å². The Morgan fingerprint density at radius 3 is 2.47 bits per heavy atom. The highest BCUT2D eigenvalue weighted by atomic mass is 19.1. The van der Waals surface area contributed by atoms with Crippen molar-refractivity contribution in [2.45, 2.75) is 44.9 Å². The predicted molar refractivity (Wildman–Crippen MR) is 137 cm³/mol. The molecular weight excluding hydrogens is 490 g/mol. The van der Waals surface area contributed by atoms with Crippen LogP contribution >= 0.6 is 0 Å². The van der Waals surface area contributed by atoms with Crippen molar-refractivity contribution in [3.8, 4) is 22.6 Å². The van der Waals surface area contributed by atoms with Crippen LogP contribution in [0.2, 0.25) is 0 Å². The van der Waals surface area contributed by atoms with Gasteiger partial charge in [-0.2, -0.15) is 5.10 Å². The summed E-state index contributed by atoms with van der Waals surface area (Å²) in [7, 11) is 0. The van der Waals surface area contributed by atoms with Crippen molar-refractivity contribution >= 4 is 12.0 Å². The summed E-state index contributed by atoms with van der Waals surface area (Å²) >= 11 is 0. The molecule has 3 N–H and O–H groups in total. The molecule has 11 heteroatoms. The number of nitrogens with one attached hydrogen (secondary N) is 1. The number of carbonyl (C=O) groups is 1. The summed E-state index contributed by atoms with van der Waals surface area (Å²) in [6, 6.07) is 6.60. The second-order valence-electron chi connectivity index (χ2n) is 9.75. The highest BCUT2D eigenvalue weighted by molar-refractivity contribution is 5.85. The normalized spacial score (nSPS) is 18.7. The monoisotopic (exact) mass is 516 g/mol. The van der Waals surface area contributed by atoms with Crippen molar-refractivity contribution in [1.82, 2.24) is 30.1 Å². The molecule has 1 aliphatic rings. The number of aromatic nitrogens is 6. The van der Waals surface area contributed by atoms with E-state index < -0.39 is 23.1 Å². The smallest absolute Gasteiger partial charge is 0.319 e. The van der Waals surface area contributed by atoms with E-state index in [2.05, 4.69) is 51.2 Å². The molecule has 194 valence electrons. The average Bonchev–Trinajstić information content (AvgIpc) is 2.89. The number of fused-ring (bicyclic) bond motifs is 1. The van der Waals surface area contributed by atoms with E-state index >= 15 is 0 Å². The van der Waals surface area contributed by atoms with Gasteiger partial charge in [0.05, 0.1) is 33.6 Å². The number of primary amides is 1. The van der Waals surface area contributed by atoms with E-state index in [0.717, 1.165) is 29.8 Å². The van der Waals surface area contributed by atoms with Crippen molar-refractivity contribution in [2.75, 3.05) is 5.32 Å². The van der Waals surface area contributed by atoms with Crippen LogP contribution in [0.5, 0.6) is 0 Å². The minimum atomic E-state index is -0.762. The van der Waals surface area contributed by atoms with E-state index in [0.29, 0.717) is 11.4 Å². The molecule has 3 heterocycles.